The first-order chi connectivity index (χ1) is 16.2. The summed E-state index contributed by atoms with van der Waals surface area (Å²) in [5, 5.41) is 3.80. The van der Waals surface area contributed by atoms with E-state index < -0.39 is 23.7 Å². The van der Waals surface area contributed by atoms with Crippen LogP contribution in [0, 0.1) is 5.92 Å². The Bertz CT molecular complexity index is 1120. The molecule has 2 aliphatic heterocycles. The molecule has 2 aliphatic rings. The Hall–Kier alpha value is -3.33. The highest BCUT2D eigenvalue weighted by molar-refractivity contribution is 7.80. The largest absolute Gasteiger partial charge is 0.490 e. The molecule has 0 saturated carbocycles. The Morgan fingerprint density at radius 3 is 2.47 bits per heavy atom. The zero-order valence-corrected chi connectivity index (χ0v) is 20.8. The highest BCUT2D eigenvalue weighted by Gasteiger charge is 2.60. The Kier molecular flexibility index (Phi) is 6.40. The van der Waals surface area contributed by atoms with Crippen LogP contribution in [0.5, 0.6) is 11.5 Å². The van der Waals surface area contributed by atoms with E-state index in [9.17, 15) is 9.59 Å². The minimum absolute atomic E-state index is 0.0943. The average molecular weight is 484 g/mol. The molecule has 1 N–H and O–H groups in total. The van der Waals surface area contributed by atoms with Crippen LogP contribution in [-0.4, -0.2) is 54.9 Å². The van der Waals surface area contributed by atoms with E-state index in [-0.39, 0.29) is 5.91 Å². The second-order valence-corrected chi connectivity index (χ2v) is 8.89. The van der Waals surface area contributed by atoms with Gasteiger partial charge in [-0.1, -0.05) is 12.1 Å². The average Bonchev–Trinajstić information content (AvgIpc) is 2.79. The van der Waals surface area contributed by atoms with Crippen molar-refractivity contribution in [2.75, 3.05) is 32.2 Å². The summed E-state index contributed by atoms with van der Waals surface area (Å²) < 4.78 is 17.6. The summed E-state index contributed by atoms with van der Waals surface area (Å²) >= 11 is 5.77. The number of hydrogen-bond donors (Lipinski definition) is 1. The molecule has 34 heavy (non-hydrogen) atoms. The third-order valence-corrected chi connectivity index (χ3v) is 6.43. The van der Waals surface area contributed by atoms with E-state index in [2.05, 4.69) is 5.32 Å². The molecule has 9 heteroatoms. The summed E-state index contributed by atoms with van der Waals surface area (Å²) in [6.07, 6.45) is 0. The van der Waals surface area contributed by atoms with Gasteiger partial charge in [0.2, 0.25) is 5.91 Å². The van der Waals surface area contributed by atoms with Crippen LogP contribution in [0.1, 0.15) is 42.7 Å². The van der Waals surface area contributed by atoms with Crippen molar-refractivity contribution in [1.82, 2.24) is 10.2 Å². The quantitative estimate of drug-likeness (QED) is 0.494. The van der Waals surface area contributed by atoms with Crippen LogP contribution in [0.15, 0.2) is 42.5 Å². The predicted molar refractivity (Wildman–Crippen MR) is 132 cm³/mol. The van der Waals surface area contributed by atoms with Gasteiger partial charge in [-0.25, -0.2) is 4.79 Å². The maximum Gasteiger partial charge on any atom is 0.338 e. The lowest BCUT2D eigenvalue weighted by Gasteiger charge is -2.56. The molecule has 0 spiro atoms. The van der Waals surface area contributed by atoms with Gasteiger partial charge in [-0.3, -0.25) is 9.69 Å². The van der Waals surface area contributed by atoms with Crippen LogP contribution >= 0.6 is 12.2 Å². The highest BCUT2D eigenvalue weighted by Crippen LogP contribution is 2.52. The Morgan fingerprint density at radius 2 is 1.85 bits per heavy atom. The van der Waals surface area contributed by atoms with Gasteiger partial charge in [-0.2, -0.15) is 0 Å². The molecule has 2 heterocycles. The van der Waals surface area contributed by atoms with Crippen LogP contribution in [0.2, 0.25) is 0 Å². The van der Waals surface area contributed by atoms with E-state index in [0.29, 0.717) is 41.1 Å². The molecule has 2 aromatic rings. The molecule has 2 bridgehead atoms. The first kappa shape index (κ1) is 23.8. The molecule has 1 amide bonds. The minimum atomic E-state index is -1.15. The van der Waals surface area contributed by atoms with Crippen LogP contribution < -0.4 is 19.7 Å². The second kappa shape index (κ2) is 9.13. The number of hydrogen-bond acceptors (Lipinski definition) is 6. The number of anilines is 1. The van der Waals surface area contributed by atoms with Crippen molar-refractivity contribution < 1.29 is 23.8 Å². The maximum atomic E-state index is 13.5. The van der Waals surface area contributed by atoms with Crippen LogP contribution in [0.4, 0.5) is 5.69 Å². The SMILES string of the molecule is CCOC(=O)c1ccc(N2C(=S)N[C@H]3c4cccc(OCC)c4O[C@@]2(C)[C@@H]3C(=O)N(C)C)cc1. The number of nitrogens with zero attached hydrogens (tertiary/aromatic N) is 2. The lowest BCUT2D eigenvalue weighted by atomic mass is 9.78. The van der Waals surface area contributed by atoms with Gasteiger partial charge in [0.25, 0.3) is 0 Å². The molecule has 4 rings (SSSR count). The van der Waals surface area contributed by atoms with Crippen molar-refractivity contribution in [3.63, 3.8) is 0 Å². The molecule has 1 fully saturated rings. The van der Waals surface area contributed by atoms with Crippen molar-refractivity contribution in [2.24, 2.45) is 5.92 Å². The standard InChI is InChI=1S/C25H29N3O5S/c1-6-31-18-10-8-9-17-20-19(22(29)27(4)5)25(3,33-21(17)18)28(24(34)26-20)16-13-11-15(12-14-16)23(30)32-7-2/h8-14,19-20H,6-7H2,1-5H3,(H,26,34)/t19-,20-,25-/m0/s1. The topological polar surface area (TPSA) is 80.3 Å². The summed E-state index contributed by atoms with van der Waals surface area (Å²) in [5.41, 5.74) is 0.780. The summed E-state index contributed by atoms with van der Waals surface area (Å²) in [7, 11) is 3.45. The van der Waals surface area contributed by atoms with E-state index in [1.165, 1.54) is 0 Å². The van der Waals surface area contributed by atoms with E-state index in [0.717, 1.165) is 5.56 Å². The van der Waals surface area contributed by atoms with Gasteiger partial charge in [-0.15, -0.1) is 0 Å². The van der Waals surface area contributed by atoms with Gasteiger partial charge in [0.1, 0.15) is 5.92 Å². The second-order valence-electron chi connectivity index (χ2n) is 8.50. The predicted octanol–water partition coefficient (Wildman–Crippen LogP) is 3.51. The summed E-state index contributed by atoms with van der Waals surface area (Å²) in [4.78, 5) is 29.0. The fourth-order valence-corrected chi connectivity index (χ4v) is 5.06. The summed E-state index contributed by atoms with van der Waals surface area (Å²) in [6, 6.07) is 12.2. The summed E-state index contributed by atoms with van der Waals surface area (Å²) in [5.74, 6) is 0.0953. The number of carbonyl (C=O) groups excluding carboxylic acids is 2. The van der Waals surface area contributed by atoms with Crippen LogP contribution in [0.3, 0.4) is 0 Å². The molecule has 180 valence electrons. The van der Waals surface area contributed by atoms with Crippen LogP contribution in [0.25, 0.3) is 0 Å². The third kappa shape index (κ3) is 3.83. The van der Waals surface area contributed by atoms with Crippen molar-refractivity contribution in [2.45, 2.75) is 32.5 Å². The molecule has 3 atom stereocenters. The molecule has 0 aromatic heterocycles. The van der Waals surface area contributed by atoms with Crippen molar-refractivity contribution in [3.05, 3.63) is 53.6 Å². The first-order valence-electron chi connectivity index (χ1n) is 11.3. The molecular formula is C25H29N3O5S. The number of amides is 1. The zero-order chi connectivity index (χ0) is 24.6. The Balaban J connectivity index is 1.84. The van der Waals surface area contributed by atoms with E-state index in [1.807, 2.05) is 32.0 Å². The van der Waals surface area contributed by atoms with Gasteiger partial charge in [0.15, 0.2) is 22.3 Å². The van der Waals surface area contributed by atoms with Gasteiger partial charge in [-0.05, 0) is 63.3 Å². The highest BCUT2D eigenvalue weighted by atomic mass is 32.1. The number of fused-ring (bicyclic) bond motifs is 4. The van der Waals surface area contributed by atoms with E-state index in [4.69, 9.17) is 26.4 Å². The molecule has 0 unspecified atom stereocenters. The van der Waals surface area contributed by atoms with Crippen molar-refractivity contribution >= 4 is 34.9 Å². The number of carbonyl (C=O) groups is 2. The van der Waals surface area contributed by atoms with Gasteiger partial charge in [0.05, 0.1) is 24.8 Å². The lowest BCUT2D eigenvalue weighted by Crippen LogP contribution is -2.72. The molecule has 0 aliphatic carbocycles. The van der Waals surface area contributed by atoms with Gasteiger partial charge >= 0.3 is 5.97 Å². The smallest absolute Gasteiger partial charge is 0.338 e. The normalized spacial score (nSPS) is 22.7. The summed E-state index contributed by atoms with van der Waals surface area (Å²) in [6.45, 7) is 6.31. The Morgan fingerprint density at radius 1 is 1.15 bits per heavy atom. The third-order valence-electron chi connectivity index (χ3n) is 6.13. The molecule has 2 aromatic carbocycles. The fraction of sp³-hybridized carbons (Fsp3) is 0.400. The van der Waals surface area contributed by atoms with Crippen LogP contribution in [-0.2, 0) is 9.53 Å². The lowest BCUT2D eigenvalue weighted by molar-refractivity contribution is -0.144. The molecular weight excluding hydrogens is 454 g/mol. The monoisotopic (exact) mass is 483 g/mol. The van der Waals surface area contributed by atoms with Gasteiger partial charge in [0, 0.05) is 25.3 Å². The number of nitrogens with one attached hydrogen (secondary N) is 1. The van der Waals surface area contributed by atoms with E-state index >= 15 is 0 Å². The first-order valence-corrected chi connectivity index (χ1v) is 11.7. The van der Waals surface area contributed by atoms with Crippen molar-refractivity contribution in [3.8, 4) is 11.5 Å². The molecule has 8 nitrogen and oxygen atoms in total. The number of para-hydroxylation sites is 1. The number of rotatable bonds is 6. The molecule has 1 saturated heterocycles. The zero-order valence-electron chi connectivity index (χ0n) is 20.0. The number of benzene rings is 2. The Labute approximate surface area is 204 Å². The number of esters is 1. The van der Waals surface area contributed by atoms with E-state index in [1.54, 1.807) is 55.1 Å². The fourth-order valence-electron chi connectivity index (χ4n) is 4.64. The minimum Gasteiger partial charge on any atom is -0.490 e. The number of thiocarbonyl (C=S) groups is 1. The maximum absolute atomic E-state index is 13.5. The van der Waals surface area contributed by atoms with Crippen molar-refractivity contribution in [1.29, 1.82) is 0 Å². The van der Waals surface area contributed by atoms with Gasteiger partial charge < -0.3 is 24.4 Å². The molecule has 0 radical (unpaired) electrons. The number of ether oxygens (including phenoxy) is 3.